The number of phenolic OH excluding ortho intramolecular Hbond substituents is 1. The molecule has 0 aromatic heterocycles. The number of rotatable bonds is 1. The minimum absolute atomic E-state index is 0.0592. The Morgan fingerprint density at radius 1 is 1.17 bits per heavy atom. The summed E-state index contributed by atoms with van der Waals surface area (Å²) in [5, 5.41) is 21.0. The van der Waals surface area contributed by atoms with Crippen molar-refractivity contribution in [2.24, 2.45) is 0 Å². The van der Waals surface area contributed by atoms with Gasteiger partial charge in [0.05, 0.1) is 13.2 Å². The van der Waals surface area contributed by atoms with Gasteiger partial charge in [0.25, 0.3) is 0 Å². The summed E-state index contributed by atoms with van der Waals surface area (Å²) in [5.74, 6) is -1.24. The number of aromatic hydroxyl groups is 1. The molecule has 7 heteroatoms. The Morgan fingerprint density at radius 3 is 2.66 bits per heavy atom. The van der Waals surface area contributed by atoms with Crippen molar-refractivity contribution in [2.45, 2.75) is 63.8 Å². The lowest BCUT2D eigenvalue weighted by Gasteiger charge is -2.21. The van der Waals surface area contributed by atoms with Crippen molar-refractivity contribution in [3.8, 4) is 11.5 Å². The van der Waals surface area contributed by atoms with Gasteiger partial charge in [0.2, 0.25) is 0 Å². The van der Waals surface area contributed by atoms with E-state index >= 15 is 0 Å². The lowest BCUT2D eigenvalue weighted by atomic mass is 10.0. The van der Waals surface area contributed by atoms with Gasteiger partial charge < -0.3 is 29.2 Å². The van der Waals surface area contributed by atoms with E-state index in [0.29, 0.717) is 17.7 Å². The van der Waals surface area contributed by atoms with E-state index in [-0.39, 0.29) is 17.7 Å². The van der Waals surface area contributed by atoms with Gasteiger partial charge >= 0.3 is 5.97 Å². The molecule has 29 heavy (non-hydrogen) atoms. The second-order valence-electron chi connectivity index (χ2n) is 7.76. The standard InChI is InChI=1S/C22H28O7/c1-13-7-5-10-18-20(29-22(2,3)28-18)16(23)9-6-8-14-11-15(26-4)12-17(24)19(14)21(25)27-13/h5-6,8,10-13,16,18,20,23-24H,7,9H2,1-4H3/b8-6+,10-5+/t13-,16-,18-,20-/m0/s1. The van der Waals surface area contributed by atoms with Gasteiger partial charge in [-0.2, -0.15) is 0 Å². The van der Waals surface area contributed by atoms with Crippen LogP contribution in [0.5, 0.6) is 11.5 Å². The Labute approximate surface area is 170 Å². The fraction of sp³-hybridized carbons (Fsp3) is 0.500. The molecule has 0 saturated carbocycles. The van der Waals surface area contributed by atoms with Crippen LogP contribution in [-0.4, -0.2) is 53.5 Å². The lowest BCUT2D eigenvalue weighted by Crippen LogP contribution is -2.34. The topological polar surface area (TPSA) is 94.5 Å². The molecule has 158 valence electrons. The molecule has 1 saturated heterocycles. The van der Waals surface area contributed by atoms with Crippen molar-refractivity contribution in [3.05, 3.63) is 41.5 Å². The van der Waals surface area contributed by atoms with Gasteiger partial charge in [-0.3, -0.25) is 0 Å². The quantitative estimate of drug-likeness (QED) is 0.548. The third kappa shape index (κ3) is 4.98. The Hall–Kier alpha value is -2.35. The lowest BCUT2D eigenvalue weighted by molar-refractivity contribution is -0.153. The predicted molar refractivity (Wildman–Crippen MR) is 107 cm³/mol. The molecule has 7 nitrogen and oxygen atoms in total. The first-order valence-corrected chi connectivity index (χ1v) is 9.69. The van der Waals surface area contributed by atoms with Crippen LogP contribution in [-0.2, 0) is 14.2 Å². The number of hydrogen-bond acceptors (Lipinski definition) is 7. The van der Waals surface area contributed by atoms with E-state index in [9.17, 15) is 15.0 Å². The molecule has 3 rings (SSSR count). The van der Waals surface area contributed by atoms with Crippen LogP contribution >= 0.6 is 0 Å². The number of cyclic esters (lactones) is 1. The van der Waals surface area contributed by atoms with Gasteiger partial charge in [-0.05, 0) is 38.8 Å². The van der Waals surface area contributed by atoms with Crippen LogP contribution in [0.3, 0.4) is 0 Å². The summed E-state index contributed by atoms with van der Waals surface area (Å²) in [6, 6.07) is 3.00. The molecule has 0 aliphatic carbocycles. The fourth-order valence-electron chi connectivity index (χ4n) is 3.52. The molecule has 2 N–H and O–H groups in total. The highest BCUT2D eigenvalue weighted by Crippen LogP contribution is 2.33. The van der Waals surface area contributed by atoms with Crippen LogP contribution in [0.15, 0.2) is 30.4 Å². The van der Waals surface area contributed by atoms with Crippen molar-refractivity contribution < 1.29 is 34.0 Å². The molecular weight excluding hydrogens is 376 g/mol. The van der Waals surface area contributed by atoms with Crippen LogP contribution < -0.4 is 4.74 Å². The highest BCUT2D eigenvalue weighted by atomic mass is 16.8. The van der Waals surface area contributed by atoms with Gasteiger partial charge in [-0.1, -0.05) is 24.3 Å². The largest absolute Gasteiger partial charge is 0.507 e. The number of hydrogen-bond donors (Lipinski definition) is 2. The number of benzene rings is 1. The zero-order chi connectivity index (χ0) is 21.2. The fourth-order valence-corrected chi connectivity index (χ4v) is 3.52. The number of carbonyl (C=O) groups is 1. The smallest absolute Gasteiger partial charge is 0.342 e. The predicted octanol–water partition coefficient (Wildman–Crippen LogP) is 3.19. The maximum absolute atomic E-state index is 12.7. The van der Waals surface area contributed by atoms with E-state index in [1.807, 2.05) is 12.2 Å². The maximum Gasteiger partial charge on any atom is 0.342 e. The summed E-state index contributed by atoms with van der Waals surface area (Å²) in [6.07, 6.45) is 5.64. The number of carbonyl (C=O) groups excluding carboxylic acids is 1. The van der Waals surface area contributed by atoms with E-state index in [1.54, 1.807) is 39.0 Å². The third-order valence-electron chi connectivity index (χ3n) is 4.88. The summed E-state index contributed by atoms with van der Waals surface area (Å²) in [7, 11) is 1.48. The second kappa shape index (κ2) is 8.57. The number of esters is 1. The highest BCUT2D eigenvalue weighted by molar-refractivity contribution is 5.97. The molecule has 1 fully saturated rings. The summed E-state index contributed by atoms with van der Waals surface area (Å²) >= 11 is 0. The first kappa shape index (κ1) is 21.4. The Bertz CT molecular complexity index is 812. The minimum atomic E-state index is -0.808. The summed E-state index contributed by atoms with van der Waals surface area (Å²) in [6.45, 7) is 5.38. The first-order valence-electron chi connectivity index (χ1n) is 9.69. The molecule has 0 radical (unpaired) electrons. The monoisotopic (exact) mass is 404 g/mol. The molecule has 0 amide bonds. The van der Waals surface area contributed by atoms with E-state index in [4.69, 9.17) is 18.9 Å². The van der Waals surface area contributed by atoms with E-state index < -0.39 is 36.2 Å². The molecule has 1 aromatic carbocycles. The van der Waals surface area contributed by atoms with Gasteiger partial charge in [-0.15, -0.1) is 0 Å². The molecule has 2 heterocycles. The first-order chi connectivity index (χ1) is 13.7. The Kier molecular flexibility index (Phi) is 6.31. The van der Waals surface area contributed by atoms with Gasteiger partial charge in [0.1, 0.15) is 35.4 Å². The van der Waals surface area contributed by atoms with Crippen molar-refractivity contribution in [1.82, 2.24) is 0 Å². The second-order valence-corrected chi connectivity index (χ2v) is 7.76. The summed E-state index contributed by atoms with van der Waals surface area (Å²) < 4.78 is 22.5. The van der Waals surface area contributed by atoms with Crippen molar-refractivity contribution >= 4 is 12.0 Å². The van der Waals surface area contributed by atoms with E-state index in [0.717, 1.165) is 0 Å². The number of ether oxygens (including phenoxy) is 4. The molecule has 0 unspecified atom stereocenters. The minimum Gasteiger partial charge on any atom is -0.507 e. The molecule has 2 aliphatic heterocycles. The number of aliphatic hydroxyl groups excluding tert-OH is 1. The van der Waals surface area contributed by atoms with Crippen LogP contribution in [0.2, 0.25) is 0 Å². The average molecular weight is 404 g/mol. The van der Waals surface area contributed by atoms with E-state index in [2.05, 4.69) is 0 Å². The maximum atomic E-state index is 12.7. The number of phenols is 1. The molecular formula is C22H28O7. The summed E-state index contributed by atoms with van der Waals surface area (Å²) in [5.41, 5.74) is 0.503. The van der Waals surface area contributed by atoms with Crippen LogP contribution in [0, 0.1) is 0 Å². The Balaban J connectivity index is 1.97. The molecule has 0 spiro atoms. The zero-order valence-corrected chi connectivity index (χ0v) is 17.1. The van der Waals surface area contributed by atoms with Crippen molar-refractivity contribution in [1.29, 1.82) is 0 Å². The number of methoxy groups -OCH3 is 1. The normalized spacial score (nSPS) is 31.7. The molecule has 0 bridgehead atoms. The van der Waals surface area contributed by atoms with Crippen molar-refractivity contribution in [2.75, 3.05) is 7.11 Å². The Morgan fingerprint density at radius 2 is 1.93 bits per heavy atom. The number of fused-ring (bicyclic) bond motifs is 2. The van der Waals surface area contributed by atoms with Gasteiger partial charge in [0.15, 0.2) is 5.79 Å². The van der Waals surface area contributed by atoms with Gasteiger partial charge in [-0.25, -0.2) is 4.79 Å². The third-order valence-corrected chi connectivity index (χ3v) is 4.88. The van der Waals surface area contributed by atoms with Crippen molar-refractivity contribution in [3.63, 3.8) is 0 Å². The van der Waals surface area contributed by atoms with Crippen LogP contribution in [0.4, 0.5) is 0 Å². The van der Waals surface area contributed by atoms with E-state index in [1.165, 1.54) is 13.2 Å². The van der Waals surface area contributed by atoms with Crippen LogP contribution in [0.25, 0.3) is 6.08 Å². The SMILES string of the molecule is COc1cc(O)c2c(c1)/C=C/C[C@H](O)[C@@H]1OC(C)(C)O[C@H]1/C=C/C[C@H](C)OC2=O. The van der Waals surface area contributed by atoms with Gasteiger partial charge in [0, 0.05) is 12.5 Å². The molecule has 1 aromatic rings. The average Bonchev–Trinajstić information content (AvgIpc) is 2.95. The summed E-state index contributed by atoms with van der Waals surface area (Å²) in [4.78, 5) is 12.7. The highest BCUT2D eigenvalue weighted by Gasteiger charge is 2.43. The molecule has 2 aliphatic rings. The molecule has 4 atom stereocenters. The van der Waals surface area contributed by atoms with Crippen LogP contribution in [0.1, 0.15) is 49.5 Å². The number of aliphatic hydroxyl groups is 1. The zero-order valence-electron chi connectivity index (χ0n) is 17.1.